The second-order valence-corrected chi connectivity index (χ2v) is 6.41. The van der Waals surface area contributed by atoms with Gasteiger partial charge >= 0.3 is 0 Å². The average Bonchev–Trinajstić information content (AvgIpc) is 3.07. The highest BCUT2D eigenvalue weighted by molar-refractivity contribution is 6.01. The Morgan fingerprint density at radius 3 is 2.54 bits per heavy atom. The van der Waals surface area contributed by atoms with Crippen LogP contribution in [0.25, 0.3) is 0 Å². The standard InChI is InChI=1S/C21H22N2O3/c1-5-19(24)23(4)16-9-7-15(8-10-16)21(25)22-18-12-26-20-14(3)13(2)6-11-17(18)20/h5-11,18H,1,12H2,2-4H3,(H,22,25). The van der Waals surface area contributed by atoms with Gasteiger partial charge in [0.15, 0.2) is 0 Å². The molecule has 0 bridgehead atoms. The van der Waals surface area contributed by atoms with Crippen molar-refractivity contribution in [1.82, 2.24) is 5.32 Å². The fourth-order valence-electron chi connectivity index (χ4n) is 3.00. The third-order valence-corrected chi connectivity index (χ3v) is 4.80. The number of amides is 2. The Labute approximate surface area is 153 Å². The van der Waals surface area contributed by atoms with Crippen LogP contribution in [0.3, 0.4) is 0 Å². The molecule has 0 fully saturated rings. The molecule has 1 N–H and O–H groups in total. The van der Waals surface area contributed by atoms with E-state index in [0.29, 0.717) is 17.9 Å². The maximum Gasteiger partial charge on any atom is 0.251 e. The SMILES string of the molecule is C=CC(=O)N(C)c1ccc(C(=O)NC2COc3c2ccc(C)c3C)cc1. The average molecular weight is 350 g/mol. The minimum atomic E-state index is -0.201. The summed E-state index contributed by atoms with van der Waals surface area (Å²) < 4.78 is 5.78. The maximum absolute atomic E-state index is 12.6. The van der Waals surface area contributed by atoms with Crippen LogP contribution in [-0.2, 0) is 4.79 Å². The molecule has 0 radical (unpaired) electrons. The van der Waals surface area contributed by atoms with Crippen LogP contribution in [-0.4, -0.2) is 25.5 Å². The Morgan fingerprint density at radius 1 is 1.19 bits per heavy atom. The number of nitrogens with zero attached hydrogens (tertiary/aromatic N) is 1. The molecule has 3 rings (SSSR count). The van der Waals surface area contributed by atoms with E-state index >= 15 is 0 Å². The highest BCUT2D eigenvalue weighted by atomic mass is 16.5. The van der Waals surface area contributed by atoms with E-state index in [-0.39, 0.29) is 17.9 Å². The Morgan fingerprint density at radius 2 is 1.88 bits per heavy atom. The number of hydrogen-bond donors (Lipinski definition) is 1. The molecule has 0 saturated heterocycles. The van der Waals surface area contributed by atoms with Crippen molar-refractivity contribution < 1.29 is 14.3 Å². The van der Waals surface area contributed by atoms with Crippen LogP contribution in [0.5, 0.6) is 5.75 Å². The van der Waals surface area contributed by atoms with E-state index in [1.54, 1.807) is 31.3 Å². The Balaban J connectivity index is 1.73. The molecule has 5 nitrogen and oxygen atoms in total. The molecule has 1 aliphatic heterocycles. The lowest BCUT2D eigenvalue weighted by Gasteiger charge is -2.16. The van der Waals surface area contributed by atoms with Crippen molar-refractivity contribution in [2.24, 2.45) is 0 Å². The summed E-state index contributed by atoms with van der Waals surface area (Å²) in [7, 11) is 1.66. The first-order valence-electron chi connectivity index (χ1n) is 8.46. The highest BCUT2D eigenvalue weighted by Gasteiger charge is 2.27. The van der Waals surface area contributed by atoms with Gasteiger partial charge in [-0.1, -0.05) is 18.7 Å². The number of carbonyl (C=O) groups excluding carboxylic acids is 2. The number of nitrogens with one attached hydrogen (secondary N) is 1. The molecule has 2 aromatic carbocycles. The summed E-state index contributed by atoms with van der Waals surface area (Å²) in [5, 5.41) is 3.02. The fourth-order valence-corrected chi connectivity index (χ4v) is 3.00. The molecule has 1 heterocycles. The lowest BCUT2D eigenvalue weighted by atomic mass is 10.0. The van der Waals surface area contributed by atoms with Gasteiger partial charge in [0.2, 0.25) is 5.91 Å². The number of benzene rings is 2. The number of ether oxygens (including phenoxy) is 1. The van der Waals surface area contributed by atoms with Gasteiger partial charge < -0.3 is 15.0 Å². The molecule has 1 unspecified atom stereocenters. The molecule has 0 saturated carbocycles. The molecule has 1 atom stereocenters. The van der Waals surface area contributed by atoms with E-state index in [1.807, 2.05) is 26.0 Å². The highest BCUT2D eigenvalue weighted by Crippen LogP contribution is 2.36. The third-order valence-electron chi connectivity index (χ3n) is 4.80. The van der Waals surface area contributed by atoms with Gasteiger partial charge in [-0.2, -0.15) is 0 Å². The van der Waals surface area contributed by atoms with Crippen LogP contribution in [0, 0.1) is 13.8 Å². The summed E-state index contributed by atoms with van der Waals surface area (Å²) in [4.78, 5) is 25.7. The van der Waals surface area contributed by atoms with E-state index in [1.165, 1.54) is 16.5 Å². The summed E-state index contributed by atoms with van der Waals surface area (Å²) in [6.07, 6.45) is 1.25. The van der Waals surface area contributed by atoms with Crippen LogP contribution >= 0.6 is 0 Å². The van der Waals surface area contributed by atoms with Crippen LogP contribution < -0.4 is 15.0 Å². The molecular formula is C21H22N2O3. The maximum atomic E-state index is 12.6. The zero-order chi connectivity index (χ0) is 18.8. The topological polar surface area (TPSA) is 58.6 Å². The van der Waals surface area contributed by atoms with E-state index in [9.17, 15) is 9.59 Å². The summed E-state index contributed by atoms with van der Waals surface area (Å²) in [6, 6.07) is 10.8. The van der Waals surface area contributed by atoms with Crippen molar-refractivity contribution >= 4 is 17.5 Å². The molecule has 26 heavy (non-hydrogen) atoms. The molecule has 0 spiro atoms. The summed E-state index contributed by atoms with van der Waals surface area (Å²) >= 11 is 0. The summed E-state index contributed by atoms with van der Waals surface area (Å²) in [5.74, 6) is 0.497. The Hall–Kier alpha value is -3.08. The van der Waals surface area contributed by atoms with Crippen LogP contribution in [0.15, 0.2) is 49.1 Å². The van der Waals surface area contributed by atoms with Gasteiger partial charge in [0.1, 0.15) is 12.4 Å². The first kappa shape index (κ1) is 17.7. The van der Waals surface area contributed by atoms with Crippen molar-refractivity contribution in [3.05, 3.63) is 71.3 Å². The second-order valence-electron chi connectivity index (χ2n) is 6.41. The van der Waals surface area contributed by atoms with Crippen LogP contribution in [0.2, 0.25) is 0 Å². The lowest BCUT2D eigenvalue weighted by molar-refractivity contribution is -0.113. The minimum absolute atomic E-state index is 0.165. The molecule has 2 amide bonds. The number of carbonyl (C=O) groups is 2. The number of rotatable bonds is 4. The van der Waals surface area contributed by atoms with Crippen LogP contribution in [0.1, 0.15) is 33.1 Å². The first-order chi connectivity index (χ1) is 12.4. The van der Waals surface area contributed by atoms with E-state index in [4.69, 9.17) is 4.74 Å². The van der Waals surface area contributed by atoms with Crippen molar-refractivity contribution in [3.8, 4) is 5.75 Å². The van der Waals surface area contributed by atoms with Crippen molar-refractivity contribution in [2.75, 3.05) is 18.6 Å². The molecule has 0 aliphatic carbocycles. The fraction of sp³-hybridized carbons (Fsp3) is 0.238. The van der Waals surface area contributed by atoms with Crippen molar-refractivity contribution in [2.45, 2.75) is 19.9 Å². The van der Waals surface area contributed by atoms with Gasteiger partial charge in [0.25, 0.3) is 5.91 Å². The van der Waals surface area contributed by atoms with Gasteiger partial charge in [-0.15, -0.1) is 0 Å². The van der Waals surface area contributed by atoms with Crippen LogP contribution in [0.4, 0.5) is 5.69 Å². The van der Waals surface area contributed by atoms with Crippen molar-refractivity contribution in [3.63, 3.8) is 0 Å². The third kappa shape index (κ3) is 3.20. The smallest absolute Gasteiger partial charge is 0.251 e. The quantitative estimate of drug-likeness (QED) is 0.861. The zero-order valence-corrected chi connectivity index (χ0v) is 15.2. The number of anilines is 1. The molecule has 5 heteroatoms. The predicted molar refractivity (Wildman–Crippen MR) is 102 cm³/mol. The largest absolute Gasteiger partial charge is 0.490 e. The van der Waals surface area contributed by atoms with E-state index in [2.05, 4.69) is 11.9 Å². The number of hydrogen-bond acceptors (Lipinski definition) is 3. The van der Waals surface area contributed by atoms with Gasteiger partial charge in [-0.25, -0.2) is 0 Å². The molecule has 2 aromatic rings. The summed E-state index contributed by atoms with van der Waals surface area (Å²) in [6.45, 7) is 7.97. The summed E-state index contributed by atoms with van der Waals surface area (Å²) in [5.41, 5.74) is 4.52. The molecular weight excluding hydrogens is 328 g/mol. The van der Waals surface area contributed by atoms with Gasteiger partial charge in [-0.3, -0.25) is 9.59 Å². The van der Waals surface area contributed by atoms with Gasteiger partial charge in [0.05, 0.1) is 6.04 Å². The second kappa shape index (κ2) is 7.04. The minimum Gasteiger partial charge on any atom is -0.490 e. The normalized spacial score (nSPS) is 15.0. The monoisotopic (exact) mass is 350 g/mol. The Bertz CT molecular complexity index is 872. The predicted octanol–water partition coefficient (Wildman–Crippen LogP) is 3.32. The number of fused-ring (bicyclic) bond motifs is 1. The molecule has 0 aromatic heterocycles. The number of likely N-dealkylation sites (N-methyl/N-ethyl adjacent to an activating group) is 1. The zero-order valence-electron chi connectivity index (χ0n) is 15.2. The van der Waals surface area contributed by atoms with E-state index in [0.717, 1.165) is 16.9 Å². The van der Waals surface area contributed by atoms with Crippen molar-refractivity contribution in [1.29, 1.82) is 0 Å². The molecule has 1 aliphatic rings. The molecule has 134 valence electrons. The number of aryl methyl sites for hydroxylation is 1. The van der Waals surface area contributed by atoms with Gasteiger partial charge in [-0.05, 0) is 55.3 Å². The van der Waals surface area contributed by atoms with E-state index < -0.39 is 0 Å². The lowest BCUT2D eigenvalue weighted by Crippen LogP contribution is -2.29. The Kier molecular flexibility index (Phi) is 4.80. The van der Waals surface area contributed by atoms with Gasteiger partial charge in [0, 0.05) is 23.9 Å². The first-order valence-corrected chi connectivity index (χ1v) is 8.46.